The Hall–Kier alpha value is -4.22. The van der Waals surface area contributed by atoms with Gasteiger partial charge in [0.2, 0.25) is 5.79 Å². The van der Waals surface area contributed by atoms with Crippen LogP contribution in [-0.2, 0) is 38.1 Å². The number of nitrogens with two attached hydrogens (primary N) is 1. The van der Waals surface area contributed by atoms with Crippen LogP contribution in [-0.4, -0.2) is 140 Å². The first kappa shape index (κ1) is 59.7. The van der Waals surface area contributed by atoms with E-state index in [2.05, 4.69) is 4.90 Å². The number of allylic oxidation sites excluding steroid dienone is 5. The Bertz CT molecular complexity index is 2110. The molecule has 1 aromatic carbocycles. The highest BCUT2D eigenvalue weighted by Gasteiger charge is 2.53. The SMILES string of the molecule is COc1cccc(N(C)C[C@H]2CC3CC[C@@H](C)[C@@](O)(O3)C(=O)C(=O)N3CCCCC3C(=O)O[C@H]([C@H](C)CC3CC[C@@H](O)[C@H](OC)C3)CC[C@H](N)/C=C(\C)[C@@H](O)[C@@H](OC)C(=O)[C@H](C)C[C@H](C)/C=C/C=C/C=C/2C)c1. The molecule has 0 aromatic heterocycles. The number of ketones is 2. The zero-order valence-corrected chi connectivity index (χ0v) is 45.5. The van der Waals surface area contributed by atoms with Gasteiger partial charge in [0.05, 0.1) is 25.4 Å². The monoisotopic (exact) mass is 1020 g/mol. The van der Waals surface area contributed by atoms with Crippen molar-refractivity contribution >= 4 is 29.1 Å². The zero-order valence-electron chi connectivity index (χ0n) is 45.5. The van der Waals surface area contributed by atoms with Crippen molar-refractivity contribution in [1.82, 2.24) is 4.90 Å². The zero-order chi connectivity index (χ0) is 53.6. The molecule has 5 rings (SSSR count). The van der Waals surface area contributed by atoms with Crippen LogP contribution in [0.25, 0.3) is 0 Å². The fraction of sp³-hybridized carbons (Fsp3) is 0.690. The number of carbonyl (C=O) groups excluding carboxylic acids is 4. The third-order valence-electron chi connectivity index (χ3n) is 16.2. The number of fused-ring (bicyclic) bond motifs is 3. The molecule has 408 valence electrons. The number of piperidine rings is 1. The Morgan fingerprint density at radius 3 is 2.36 bits per heavy atom. The molecule has 3 fully saturated rings. The van der Waals surface area contributed by atoms with E-state index in [9.17, 15) is 34.5 Å². The van der Waals surface area contributed by atoms with Crippen molar-refractivity contribution in [3.05, 3.63) is 71.9 Å². The molecule has 0 spiro atoms. The molecule has 3 unspecified atom stereocenters. The summed E-state index contributed by atoms with van der Waals surface area (Å²) < 4.78 is 29.6. The molecular formula is C58H89N3O12. The molecule has 1 saturated carbocycles. The summed E-state index contributed by atoms with van der Waals surface area (Å²) in [6.07, 6.45) is 14.1. The molecule has 2 saturated heterocycles. The highest BCUT2D eigenvalue weighted by atomic mass is 16.6. The number of aliphatic hydroxyl groups is 3. The Morgan fingerprint density at radius 1 is 0.890 bits per heavy atom. The highest BCUT2D eigenvalue weighted by Crippen LogP contribution is 2.39. The van der Waals surface area contributed by atoms with Gasteiger partial charge in [-0.25, -0.2) is 4.79 Å². The van der Waals surface area contributed by atoms with E-state index in [-0.39, 0.29) is 48.5 Å². The van der Waals surface area contributed by atoms with Gasteiger partial charge < -0.3 is 54.5 Å². The number of hydrogen-bond acceptors (Lipinski definition) is 14. The van der Waals surface area contributed by atoms with Crippen molar-refractivity contribution in [1.29, 1.82) is 0 Å². The number of esters is 1. The van der Waals surface area contributed by atoms with Crippen molar-refractivity contribution in [2.75, 3.05) is 46.4 Å². The molecular weight excluding hydrogens is 931 g/mol. The van der Waals surface area contributed by atoms with Gasteiger partial charge in [-0.3, -0.25) is 14.4 Å². The van der Waals surface area contributed by atoms with E-state index < -0.39 is 77.9 Å². The molecule has 4 aliphatic rings. The highest BCUT2D eigenvalue weighted by molar-refractivity contribution is 6.39. The van der Waals surface area contributed by atoms with Crippen LogP contribution in [0.1, 0.15) is 125 Å². The van der Waals surface area contributed by atoms with E-state index in [4.69, 9.17) is 29.4 Å². The Labute approximate surface area is 435 Å². The van der Waals surface area contributed by atoms with Crippen LogP contribution in [0.15, 0.2) is 71.9 Å². The molecule has 15 heteroatoms. The van der Waals surface area contributed by atoms with Gasteiger partial charge in [0.25, 0.3) is 11.7 Å². The standard InChI is InChI=1S/C58H89N3O12/c1-36-17-12-11-13-18-37(2)43(35-60(7)45-19-16-20-46(34-45)69-8)33-47-25-22-41(6)58(68,73-47)55(65)56(66)61-28-15-14-21-48(61)57(67)72-50(38(3)30-42-23-26-49(62)51(32-42)70-9)27-24-44(59)31-40(5)53(64)54(71-10)52(63)39(4)29-36/h11-13,16-20,31,34,36,38-39,41-44,47-51,53-54,62,64,68H,14-15,21-30,32-33,35,59H2,1-10H3/b13-11+,17-12+,37-18+,40-31+/t36-,38-,39-,41-,42?,43-,44+,47?,48?,49-,50+,51-,53-,54+,58-/m1/s1. The van der Waals surface area contributed by atoms with Crippen LogP contribution in [0.5, 0.6) is 5.75 Å². The van der Waals surface area contributed by atoms with Crippen LogP contribution in [0, 0.1) is 35.5 Å². The summed E-state index contributed by atoms with van der Waals surface area (Å²) in [6.45, 7) is 12.1. The van der Waals surface area contributed by atoms with Gasteiger partial charge in [-0.15, -0.1) is 0 Å². The van der Waals surface area contributed by atoms with E-state index in [0.29, 0.717) is 82.7 Å². The van der Waals surface area contributed by atoms with Crippen LogP contribution >= 0.6 is 0 Å². The molecule has 5 N–H and O–H groups in total. The largest absolute Gasteiger partial charge is 0.497 e. The summed E-state index contributed by atoms with van der Waals surface area (Å²) in [6, 6.07) is 6.15. The van der Waals surface area contributed by atoms with Crippen molar-refractivity contribution in [2.24, 2.45) is 41.2 Å². The topological polar surface area (TPSA) is 208 Å². The summed E-state index contributed by atoms with van der Waals surface area (Å²) in [4.78, 5) is 60.8. The molecule has 2 bridgehead atoms. The van der Waals surface area contributed by atoms with E-state index in [1.54, 1.807) is 34.1 Å². The Kier molecular flexibility index (Phi) is 22.9. The third kappa shape index (κ3) is 16.1. The summed E-state index contributed by atoms with van der Waals surface area (Å²) in [5.74, 6) is -5.76. The molecule has 1 amide bonds. The smallest absolute Gasteiger partial charge is 0.329 e. The van der Waals surface area contributed by atoms with Crippen molar-refractivity contribution in [3.8, 4) is 5.75 Å². The number of Topliss-reactive ketones (excluding diaryl/α,β-unsaturated/α-hetero) is 2. The molecule has 3 heterocycles. The summed E-state index contributed by atoms with van der Waals surface area (Å²) in [7, 11) is 6.65. The van der Waals surface area contributed by atoms with Gasteiger partial charge in [-0.2, -0.15) is 0 Å². The number of ether oxygens (including phenoxy) is 5. The molecule has 15 nitrogen and oxygen atoms in total. The number of amides is 1. The Morgan fingerprint density at radius 2 is 1.64 bits per heavy atom. The van der Waals surface area contributed by atoms with Crippen molar-refractivity contribution in [3.63, 3.8) is 0 Å². The number of methoxy groups -OCH3 is 3. The molecule has 15 atom stereocenters. The number of benzene rings is 1. The van der Waals surface area contributed by atoms with E-state index in [0.717, 1.165) is 23.4 Å². The maximum absolute atomic E-state index is 14.5. The fourth-order valence-corrected chi connectivity index (χ4v) is 11.5. The van der Waals surface area contributed by atoms with Crippen molar-refractivity contribution in [2.45, 2.75) is 180 Å². The number of anilines is 1. The summed E-state index contributed by atoms with van der Waals surface area (Å²) in [5.41, 5.74) is 9.19. The fourth-order valence-electron chi connectivity index (χ4n) is 11.5. The van der Waals surface area contributed by atoms with Gasteiger partial charge >= 0.3 is 5.97 Å². The van der Waals surface area contributed by atoms with Gasteiger partial charge in [0.1, 0.15) is 30.1 Å². The molecule has 1 aliphatic carbocycles. The first-order valence-corrected chi connectivity index (χ1v) is 26.9. The lowest BCUT2D eigenvalue weighted by Crippen LogP contribution is -2.60. The van der Waals surface area contributed by atoms with Gasteiger partial charge in [0, 0.05) is 64.0 Å². The number of hydrogen-bond donors (Lipinski definition) is 4. The Balaban J connectivity index is 1.49. The molecule has 73 heavy (non-hydrogen) atoms. The minimum atomic E-state index is -2.42. The first-order valence-electron chi connectivity index (χ1n) is 26.9. The lowest BCUT2D eigenvalue weighted by atomic mass is 9.78. The second-order valence-electron chi connectivity index (χ2n) is 21.9. The third-order valence-corrected chi connectivity index (χ3v) is 16.2. The van der Waals surface area contributed by atoms with Crippen LogP contribution in [0.2, 0.25) is 0 Å². The van der Waals surface area contributed by atoms with Crippen LogP contribution in [0.4, 0.5) is 5.69 Å². The quantitative estimate of drug-likeness (QED) is 0.108. The number of aliphatic hydroxyl groups excluding tert-OH is 2. The molecule has 0 radical (unpaired) electrons. The minimum absolute atomic E-state index is 0.0316. The van der Waals surface area contributed by atoms with Gasteiger partial charge in [-0.1, -0.05) is 75.8 Å². The van der Waals surface area contributed by atoms with E-state index in [1.807, 2.05) is 89.4 Å². The number of cyclic esters (lactones) is 1. The second kappa shape index (κ2) is 28.1. The first-order chi connectivity index (χ1) is 34.7. The van der Waals surface area contributed by atoms with Crippen LogP contribution < -0.4 is 15.4 Å². The maximum Gasteiger partial charge on any atom is 0.329 e. The van der Waals surface area contributed by atoms with Gasteiger partial charge in [0.15, 0.2) is 5.78 Å². The number of nitrogens with zero attached hydrogens (tertiary/aromatic N) is 2. The second-order valence-corrected chi connectivity index (χ2v) is 21.9. The minimum Gasteiger partial charge on any atom is -0.497 e. The normalized spacial score (nSPS) is 37.1. The van der Waals surface area contributed by atoms with Crippen molar-refractivity contribution < 1.29 is 58.2 Å². The van der Waals surface area contributed by atoms with E-state index in [1.165, 1.54) is 12.0 Å². The lowest BCUT2D eigenvalue weighted by molar-refractivity contribution is -0.264. The summed E-state index contributed by atoms with van der Waals surface area (Å²) in [5, 5.41) is 34.3. The molecule has 1 aromatic rings. The van der Waals surface area contributed by atoms with Crippen LogP contribution in [0.3, 0.4) is 0 Å². The van der Waals surface area contributed by atoms with Gasteiger partial charge in [-0.05, 0) is 139 Å². The number of rotatable bonds is 9. The predicted octanol–water partition coefficient (Wildman–Crippen LogP) is 7.44. The lowest BCUT2D eigenvalue weighted by Gasteiger charge is -2.43. The predicted molar refractivity (Wildman–Crippen MR) is 283 cm³/mol. The average Bonchev–Trinajstić information content (AvgIpc) is 3.37. The maximum atomic E-state index is 14.5. The van der Waals surface area contributed by atoms with E-state index >= 15 is 0 Å². The number of carbonyl (C=O) groups is 4. The average molecular weight is 1020 g/mol. The molecule has 3 aliphatic heterocycles. The summed E-state index contributed by atoms with van der Waals surface area (Å²) >= 11 is 0.